The molecule has 3 heterocycles. The molecule has 0 radical (unpaired) electrons. The number of nitrogens with one attached hydrogen (secondary N) is 2. The fourth-order valence-electron chi connectivity index (χ4n) is 4.33. The second kappa shape index (κ2) is 10.3. The molecule has 1 aliphatic heterocycles. The number of hydrogen-bond acceptors (Lipinski definition) is 5. The lowest BCUT2D eigenvalue weighted by Crippen LogP contribution is -2.50. The maximum atomic E-state index is 13.2. The van der Waals surface area contributed by atoms with E-state index < -0.39 is 29.3 Å². The number of aryl methyl sites for hydroxylation is 1. The minimum Gasteiger partial charge on any atom is -0.467 e. The summed E-state index contributed by atoms with van der Waals surface area (Å²) in [7, 11) is 0. The van der Waals surface area contributed by atoms with Crippen molar-refractivity contribution in [2.24, 2.45) is 0 Å². The zero-order valence-corrected chi connectivity index (χ0v) is 20.8. The normalized spacial score (nSPS) is 14.1. The number of aromatic amines is 1. The largest absolute Gasteiger partial charge is 0.467 e. The predicted molar refractivity (Wildman–Crippen MR) is 130 cm³/mol. The van der Waals surface area contributed by atoms with Crippen LogP contribution < -0.4 is 10.2 Å². The Balaban J connectivity index is 1.42. The van der Waals surface area contributed by atoms with Gasteiger partial charge in [-0.1, -0.05) is 11.6 Å². The van der Waals surface area contributed by atoms with Gasteiger partial charge in [0, 0.05) is 37.6 Å². The predicted octanol–water partition coefficient (Wildman–Crippen LogP) is 4.36. The lowest BCUT2D eigenvalue weighted by atomic mass is 10.0. The van der Waals surface area contributed by atoms with Crippen LogP contribution in [0.1, 0.15) is 43.4 Å². The third kappa shape index (κ3) is 5.51. The first kappa shape index (κ1) is 26.3. The van der Waals surface area contributed by atoms with Gasteiger partial charge in [-0.2, -0.15) is 13.2 Å². The number of ketones is 1. The molecular weight excluding hydrogens is 513 g/mol. The molecule has 1 aromatic carbocycles. The van der Waals surface area contributed by atoms with Crippen LogP contribution in [0, 0.1) is 13.8 Å². The van der Waals surface area contributed by atoms with Crippen molar-refractivity contribution in [2.45, 2.75) is 26.6 Å². The van der Waals surface area contributed by atoms with Crippen molar-refractivity contribution in [3.63, 3.8) is 0 Å². The number of furan rings is 1. The third-order valence-electron chi connectivity index (χ3n) is 6.28. The molecule has 196 valence electrons. The number of Topliss-reactive ketones (excluding diaryl/α,β-unsaturated/α-hetero) is 1. The standard InChI is InChI=1S/C25H24ClF3N4O4/c1-14-20(15(2)31-21(14)23(35)30-13-17-4-3-11-37-17)22(34)24(36)33-9-7-32(8-10-33)16-5-6-19(26)18(12-16)25(27,28)29/h3-6,11-12,31H,7-10,13H2,1-2H3,(H,30,35). The van der Waals surface area contributed by atoms with E-state index in [9.17, 15) is 27.6 Å². The molecule has 1 aliphatic rings. The van der Waals surface area contributed by atoms with Gasteiger partial charge in [0.25, 0.3) is 17.6 Å². The molecule has 0 aliphatic carbocycles. The topological polar surface area (TPSA) is 98.6 Å². The number of rotatable bonds is 6. The number of carbonyl (C=O) groups excluding carboxylic acids is 3. The fourth-order valence-corrected chi connectivity index (χ4v) is 4.56. The van der Waals surface area contributed by atoms with Crippen molar-refractivity contribution >= 4 is 34.9 Å². The first-order valence-corrected chi connectivity index (χ1v) is 11.8. The second-order valence-corrected chi connectivity index (χ2v) is 9.06. The first-order chi connectivity index (χ1) is 17.5. The van der Waals surface area contributed by atoms with Gasteiger partial charge in [0.05, 0.1) is 29.0 Å². The molecule has 2 N–H and O–H groups in total. The van der Waals surface area contributed by atoms with Crippen LogP contribution >= 0.6 is 11.6 Å². The third-order valence-corrected chi connectivity index (χ3v) is 6.61. The summed E-state index contributed by atoms with van der Waals surface area (Å²) in [4.78, 5) is 44.7. The second-order valence-electron chi connectivity index (χ2n) is 8.66. The molecule has 0 unspecified atom stereocenters. The van der Waals surface area contributed by atoms with Gasteiger partial charge >= 0.3 is 6.18 Å². The molecule has 0 spiro atoms. The molecule has 12 heteroatoms. The zero-order chi connectivity index (χ0) is 26.9. The summed E-state index contributed by atoms with van der Waals surface area (Å²) in [6.45, 7) is 4.12. The number of benzene rings is 1. The average molecular weight is 537 g/mol. The van der Waals surface area contributed by atoms with E-state index in [0.29, 0.717) is 22.7 Å². The van der Waals surface area contributed by atoms with E-state index in [1.807, 2.05) is 0 Å². The van der Waals surface area contributed by atoms with Crippen molar-refractivity contribution in [3.8, 4) is 0 Å². The molecule has 0 bridgehead atoms. The van der Waals surface area contributed by atoms with E-state index >= 15 is 0 Å². The Labute approximate surface area is 215 Å². The van der Waals surface area contributed by atoms with Crippen molar-refractivity contribution in [3.05, 3.63) is 75.5 Å². The van der Waals surface area contributed by atoms with Crippen LogP contribution in [-0.4, -0.2) is 53.7 Å². The highest BCUT2D eigenvalue weighted by Gasteiger charge is 2.35. The lowest BCUT2D eigenvalue weighted by molar-refractivity contribution is -0.137. The van der Waals surface area contributed by atoms with Crippen LogP contribution in [0.15, 0.2) is 41.0 Å². The smallest absolute Gasteiger partial charge is 0.417 e. The van der Waals surface area contributed by atoms with E-state index in [4.69, 9.17) is 16.0 Å². The van der Waals surface area contributed by atoms with Gasteiger partial charge in [-0.05, 0) is 49.7 Å². The molecule has 37 heavy (non-hydrogen) atoms. The van der Waals surface area contributed by atoms with E-state index in [1.54, 1.807) is 30.9 Å². The van der Waals surface area contributed by atoms with Crippen LogP contribution in [0.5, 0.6) is 0 Å². The van der Waals surface area contributed by atoms with Gasteiger partial charge < -0.3 is 24.5 Å². The molecule has 0 atom stereocenters. The number of nitrogens with zero attached hydrogens (tertiary/aromatic N) is 2. The van der Waals surface area contributed by atoms with Crippen LogP contribution in [0.3, 0.4) is 0 Å². The minimum atomic E-state index is -4.59. The maximum absolute atomic E-state index is 13.2. The van der Waals surface area contributed by atoms with Crippen LogP contribution in [0.2, 0.25) is 5.02 Å². The summed E-state index contributed by atoms with van der Waals surface area (Å²) in [6.07, 6.45) is -3.10. The van der Waals surface area contributed by atoms with Crippen molar-refractivity contribution in [1.82, 2.24) is 15.2 Å². The molecule has 0 saturated carbocycles. The Hall–Kier alpha value is -3.73. The van der Waals surface area contributed by atoms with E-state index in [-0.39, 0.29) is 49.0 Å². The number of H-pyrrole nitrogens is 1. The highest BCUT2D eigenvalue weighted by atomic mass is 35.5. The molecule has 4 rings (SSSR count). The van der Waals surface area contributed by atoms with Crippen LogP contribution in [0.25, 0.3) is 0 Å². The van der Waals surface area contributed by atoms with Crippen LogP contribution in [0.4, 0.5) is 18.9 Å². The number of carbonyl (C=O) groups is 3. The Bertz CT molecular complexity index is 1330. The Kier molecular flexibility index (Phi) is 7.35. The summed E-state index contributed by atoms with van der Waals surface area (Å²) in [5.41, 5.74) is 0.447. The summed E-state index contributed by atoms with van der Waals surface area (Å²) < 4.78 is 44.8. The van der Waals surface area contributed by atoms with E-state index in [1.165, 1.54) is 23.3 Å². The number of hydrogen-bond donors (Lipinski definition) is 2. The number of aromatic nitrogens is 1. The number of anilines is 1. The Morgan fingerprint density at radius 2 is 1.81 bits per heavy atom. The Morgan fingerprint density at radius 1 is 1.11 bits per heavy atom. The summed E-state index contributed by atoms with van der Waals surface area (Å²) in [6, 6.07) is 7.08. The Morgan fingerprint density at radius 3 is 2.43 bits per heavy atom. The molecule has 1 fully saturated rings. The summed E-state index contributed by atoms with van der Waals surface area (Å²) in [5, 5.41) is 2.31. The van der Waals surface area contributed by atoms with Gasteiger partial charge in [0.15, 0.2) is 0 Å². The van der Waals surface area contributed by atoms with Crippen molar-refractivity contribution in [2.75, 3.05) is 31.1 Å². The molecular formula is C25H24ClF3N4O4. The van der Waals surface area contributed by atoms with Gasteiger partial charge in [0.2, 0.25) is 0 Å². The van der Waals surface area contributed by atoms with Gasteiger partial charge in [-0.15, -0.1) is 0 Å². The number of piperazine rings is 1. The molecule has 2 aromatic heterocycles. The first-order valence-electron chi connectivity index (χ1n) is 11.4. The average Bonchev–Trinajstić information content (AvgIpc) is 3.49. The lowest BCUT2D eigenvalue weighted by Gasteiger charge is -2.36. The van der Waals surface area contributed by atoms with E-state index in [2.05, 4.69) is 10.3 Å². The van der Waals surface area contributed by atoms with Gasteiger partial charge in [0.1, 0.15) is 11.5 Å². The van der Waals surface area contributed by atoms with Crippen molar-refractivity contribution < 1.29 is 32.0 Å². The van der Waals surface area contributed by atoms with Gasteiger partial charge in [-0.3, -0.25) is 14.4 Å². The molecule has 3 aromatic rings. The quantitative estimate of drug-likeness (QED) is 0.360. The fraction of sp³-hybridized carbons (Fsp3) is 0.320. The number of amides is 2. The molecule has 2 amide bonds. The van der Waals surface area contributed by atoms with Crippen molar-refractivity contribution in [1.29, 1.82) is 0 Å². The molecule has 8 nitrogen and oxygen atoms in total. The van der Waals surface area contributed by atoms with E-state index in [0.717, 1.165) is 6.07 Å². The van der Waals surface area contributed by atoms with Crippen LogP contribution in [-0.2, 0) is 17.5 Å². The SMILES string of the molecule is Cc1[nH]c(C(=O)NCc2ccco2)c(C)c1C(=O)C(=O)N1CCN(c2ccc(Cl)c(C(F)(F)F)c2)CC1. The summed E-state index contributed by atoms with van der Waals surface area (Å²) >= 11 is 5.70. The highest BCUT2D eigenvalue weighted by molar-refractivity contribution is 6.43. The van der Waals surface area contributed by atoms with Gasteiger partial charge in [-0.25, -0.2) is 0 Å². The number of alkyl halides is 3. The minimum absolute atomic E-state index is 0.128. The maximum Gasteiger partial charge on any atom is 0.417 e. The summed E-state index contributed by atoms with van der Waals surface area (Å²) in [5.74, 6) is -1.37. The highest BCUT2D eigenvalue weighted by Crippen LogP contribution is 2.37. The number of halogens is 4. The zero-order valence-electron chi connectivity index (χ0n) is 20.0. The monoisotopic (exact) mass is 536 g/mol. The molecule has 1 saturated heterocycles.